The van der Waals surface area contributed by atoms with E-state index in [-0.39, 0.29) is 11.0 Å². The van der Waals surface area contributed by atoms with E-state index in [1.54, 1.807) is 4.90 Å². The Bertz CT molecular complexity index is 651. The molecule has 2 fully saturated rings. The van der Waals surface area contributed by atoms with Gasteiger partial charge in [0.05, 0.1) is 11.1 Å². The van der Waals surface area contributed by atoms with Crippen LogP contribution in [-0.4, -0.2) is 49.4 Å². The smallest absolute Gasteiger partial charge is 0.338 e. The van der Waals surface area contributed by atoms with Gasteiger partial charge in [0.25, 0.3) is 5.91 Å². The first-order valence-electron chi connectivity index (χ1n) is 9.33. The Morgan fingerprint density at radius 1 is 1.19 bits per heavy atom. The first-order valence-corrected chi connectivity index (χ1v) is 9.33. The van der Waals surface area contributed by atoms with Crippen LogP contribution in [0.15, 0.2) is 24.3 Å². The molecule has 26 heavy (non-hydrogen) atoms. The van der Waals surface area contributed by atoms with Gasteiger partial charge >= 0.3 is 6.18 Å². The van der Waals surface area contributed by atoms with Crippen molar-refractivity contribution < 1.29 is 18.0 Å². The zero-order chi connectivity index (χ0) is 18.9. The van der Waals surface area contributed by atoms with Crippen molar-refractivity contribution in [3.8, 4) is 0 Å². The summed E-state index contributed by atoms with van der Waals surface area (Å²) in [5.41, 5.74) is -0.999. The Kier molecular flexibility index (Phi) is 5.33. The summed E-state index contributed by atoms with van der Waals surface area (Å²) in [6.45, 7) is 1.99. The molecule has 6 heteroatoms. The van der Waals surface area contributed by atoms with Crippen LogP contribution in [0, 0.1) is 11.3 Å². The number of alkyl halides is 3. The monoisotopic (exact) mass is 368 g/mol. The molecule has 1 spiro atoms. The Morgan fingerprint density at radius 2 is 1.85 bits per heavy atom. The van der Waals surface area contributed by atoms with Crippen LogP contribution in [0.5, 0.6) is 0 Å². The van der Waals surface area contributed by atoms with Crippen molar-refractivity contribution in [1.82, 2.24) is 9.80 Å². The molecular formula is C20H27F3N2O. The molecule has 1 aromatic rings. The second-order valence-electron chi connectivity index (χ2n) is 8.11. The van der Waals surface area contributed by atoms with Crippen molar-refractivity contribution in [3.63, 3.8) is 0 Å². The van der Waals surface area contributed by atoms with Gasteiger partial charge < -0.3 is 9.80 Å². The molecule has 2 aliphatic rings. The maximum atomic E-state index is 13.3. The van der Waals surface area contributed by atoms with Gasteiger partial charge in [-0.2, -0.15) is 13.2 Å². The normalized spacial score (nSPS) is 23.0. The molecule has 1 unspecified atom stereocenters. The molecule has 1 heterocycles. The summed E-state index contributed by atoms with van der Waals surface area (Å²) < 4.78 is 39.9. The van der Waals surface area contributed by atoms with Crippen molar-refractivity contribution in [2.75, 3.05) is 33.7 Å². The number of amides is 1. The number of hydrogen-bond acceptors (Lipinski definition) is 2. The fourth-order valence-corrected chi connectivity index (χ4v) is 4.79. The lowest BCUT2D eigenvalue weighted by atomic mass is 9.67. The third-order valence-corrected chi connectivity index (χ3v) is 6.00. The third kappa shape index (κ3) is 3.75. The fraction of sp³-hybridized carbons (Fsp3) is 0.650. The number of carbonyl (C=O) groups excluding carboxylic acids is 1. The largest absolute Gasteiger partial charge is 0.417 e. The van der Waals surface area contributed by atoms with Crippen LogP contribution < -0.4 is 0 Å². The van der Waals surface area contributed by atoms with E-state index >= 15 is 0 Å². The minimum atomic E-state index is -4.52. The highest BCUT2D eigenvalue weighted by Crippen LogP contribution is 2.48. The summed E-state index contributed by atoms with van der Waals surface area (Å²) in [6.07, 6.45) is 1.11. The number of rotatable bonds is 3. The van der Waals surface area contributed by atoms with Gasteiger partial charge in [0.2, 0.25) is 0 Å². The van der Waals surface area contributed by atoms with Crippen molar-refractivity contribution in [1.29, 1.82) is 0 Å². The number of carbonyl (C=O) groups is 1. The minimum absolute atomic E-state index is 0.0609. The fourth-order valence-electron chi connectivity index (χ4n) is 4.79. The minimum Gasteiger partial charge on any atom is -0.338 e. The number of likely N-dealkylation sites (tertiary alicyclic amines) is 1. The van der Waals surface area contributed by atoms with Crippen molar-refractivity contribution >= 4 is 5.91 Å². The molecule has 0 N–H and O–H groups in total. The van der Waals surface area contributed by atoms with E-state index in [0.717, 1.165) is 38.3 Å². The maximum Gasteiger partial charge on any atom is 0.417 e. The molecule has 3 nitrogen and oxygen atoms in total. The zero-order valence-electron chi connectivity index (χ0n) is 15.5. The second-order valence-corrected chi connectivity index (χ2v) is 8.11. The Labute approximate surface area is 153 Å². The van der Waals surface area contributed by atoms with Crippen molar-refractivity contribution in [3.05, 3.63) is 35.4 Å². The zero-order valence-corrected chi connectivity index (χ0v) is 15.5. The molecule has 0 aromatic heterocycles. The molecule has 0 bridgehead atoms. The van der Waals surface area contributed by atoms with Crippen LogP contribution in [0.25, 0.3) is 0 Å². The van der Waals surface area contributed by atoms with Gasteiger partial charge in [-0.25, -0.2) is 0 Å². The van der Waals surface area contributed by atoms with Crippen LogP contribution in [0.4, 0.5) is 13.2 Å². The molecule has 3 rings (SSSR count). The van der Waals surface area contributed by atoms with Crippen molar-refractivity contribution in [2.24, 2.45) is 11.3 Å². The van der Waals surface area contributed by atoms with Crippen LogP contribution in [0.3, 0.4) is 0 Å². The van der Waals surface area contributed by atoms with Gasteiger partial charge in [0.15, 0.2) is 0 Å². The number of hydrogen-bond donors (Lipinski definition) is 0. The van der Waals surface area contributed by atoms with E-state index in [4.69, 9.17) is 0 Å². The van der Waals surface area contributed by atoms with Crippen LogP contribution in [0.1, 0.15) is 48.0 Å². The van der Waals surface area contributed by atoms with Crippen LogP contribution in [-0.2, 0) is 6.18 Å². The Morgan fingerprint density at radius 3 is 2.46 bits per heavy atom. The van der Waals surface area contributed by atoms with E-state index in [1.165, 1.54) is 24.6 Å². The van der Waals surface area contributed by atoms with E-state index in [9.17, 15) is 18.0 Å². The van der Waals surface area contributed by atoms with Crippen molar-refractivity contribution in [2.45, 2.75) is 38.3 Å². The summed E-state index contributed by atoms with van der Waals surface area (Å²) in [6, 6.07) is 5.14. The van der Waals surface area contributed by atoms with Gasteiger partial charge in [0.1, 0.15) is 0 Å². The maximum absolute atomic E-state index is 13.3. The van der Waals surface area contributed by atoms with Gasteiger partial charge in [-0.05, 0) is 50.4 Å². The summed E-state index contributed by atoms with van der Waals surface area (Å²) in [4.78, 5) is 16.8. The predicted molar refractivity (Wildman–Crippen MR) is 94.9 cm³/mol. The highest BCUT2D eigenvalue weighted by atomic mass is 19.4. The van der Waals surface area contributed by atoms with Gasteiger partial charge in [-0.3, -0.25) is 4.79 Å². The SMILES string of the molecule is CN(C)CC1CN(C(=O)c2ccccc2C(F)(F)F)CC12CCCCC2. The molecular weight excluding hydrogens is 341 g/mol. The van der Waals surface area contributed by atoms with Crippen LogP contribution in [0.2, 0.25) is 0 Å². The first-order chi connectivity index (χ1) is 12.2. The average molecular weight is 368 g/mol. The van der Waals surface area contributed by atoms with E-state index in [0.29, 0.717) is 19.0 Å². The Balaban J connectivity index is 1.87. The quantitative estimate of drug-likeness (QED) is 0.795. The number of benzene rings is 1. The van der Waals surface area contributed by atoms with E-state index in [1.807, 2.05) is 14.1 Å². The molecule has 1 saturated carbocycles. The first kappa shape index (κ1) is 19.2. The average Bonchev–Trinajstić information content (AvgIpc) is 2.91. The van der Waals surface area contributed by atoms with Gasteiger partial charge in [0, 0.05) is 19.6 Å². The lowest BCUT2D eigenvalue weighted by Crippen LogP contribution is -2.38. The molecule has 144 valence electrons. The highest BCUT2D eigenvalue weighted by molar-refractivity contribution is 5.96. The second kappa shape index (κ2) is 7.22. The summed E-state index contributed by atoms with van der Waals surface area (Å²) >= 11 is 0. The van der Waals surface area contributed by atoms with Crippen LogP contribution >= 0.6 is 0 Å². The predicted octanol–water partition coefficient (Wildman–Crippen LogP) is 4.29. The molecule has 1 aromatic carbocycles. The van der Waals surface area contributed by atoms with E-state index < -0.39 is 17.6 Å². The summed E-state index contributed by atoms with van der Waals surface area (Å²) in [5, 5.41) is 0. The molecule has 1 amide bonds. The molecule has 1 aliphatic heterocycles. The van der Waals surface area contributed by atoms with Gasteiger partial charge in [-0.15, -0.1) is 0 Å². The van der Waals surface area contributed by atoms with Gasteiger partial charge in [-0.1, -0.05) is 31.4 Å². The molecule has 0 radical (unpaired) electrons. The topological polar surface area (TPSA) is 23.6 Å². The lowest BCUT2D eigenvalue weighted by Gasteiger charge is -2.39. The standard InChI is InChI=1S/C20H27F3N2O/c1-24(2)12-15-13-25(14-19(15)10-6-3-7-11-19)18(26)16-8-4-5-9-17(16)20(21,22)23/h4-5,8-9,15H,3,6-7,10-14H2,1-2H3. The van der Waals surface area contributed by atoms with E-state index in [2.05, 4.69) is 4.90 Å². The molecule has 1 atom stereocenters. The molecule has 1 aliphatic carbocycles. The highest BCUT2D eigenvalue weighted by Gasteiger charge is 2.48. The lowest BCUT2D eigenvalue weighted by molar-refractivity contribution is -0.138. The Hall–Kier alpha value is -1.56. The summed E-state index contributed by atoms with van der Waals surface area (Å²) in [5.74, 6) is -0.163. The number of nitrogens with zero attached hydrogens (tertiary/aromatic N) is 2. The molecule has 1 saturated heterocycles. The third-order valence-electron chi connectivity index (χ3n) is 6.00. The summed E-state index contributed by atoms with van der Waals surface area (Å²) in [7, 11) is 4.03. The number of halogens is 3.